The van der Waals surface area contributed by atoms with E-state index in [1.165, 1.54) is 24.2 Å². The lowest BCUT2D eigenvalue weighted by atomic mass is 10.4. The average Bonchev–Trinajstić information content (AvgIpc) is 2.87. The number of hydrogen-bond acceptors (Lipinski definition) is 4. The van der Waals surface area contributed by atoms with Gasteiger partial charge in [0.1, 0.15) is 10.9 Å². The van der Waals surface area contributed by atoms with Gasteiger partial charge in [-0.05, 0) is 24.8 Å². The quantitative estimate of drug-likeness (QED) is 0.825. The molecule has 1 aliphatic rings. The van der Waals surface area contributed by atoms with E-state index in [4.69, 9.17) is 11.0 Å². The number of rotatable bonds is 3. The van der Waals surface area contributed by atoms with Crippen LogP contribution in [-0.2, 0) is 0 Å². The van der Waals surface area contributed by atoms with Gasteiger partial charge in [-0.25, -0.2) is 0 Å². The van der Waals surface area contributed by atoms with E-state index in [1.807, 2.05) is 6.07 Å². The second-order valence-corrected chi connectivity index (χ2v) is 4.84. The van der Waals surface area contributed by atoms with Crippen LogP contribution in [0.25, 0.3) is 0 Å². The molecule has 74 valence electrons. The Morgan fingerprint density at radius 2 is 2.43 bits per heavy atom. The van der Waals surface area contributed by atoms with Gasteiger partial charge in [0.2, 0.25) is 0 Å². The number of nitrogens with zero attached hydrogens (tertiary/aromatic N) is 2. The minimum atomic E-state index is 0.607. The summed E-state index contributed by atoms with van der Waals surface area (Å²) in [6, 6.07) is 4.00. The molecule has 0 spiro atoms. The first kappa shape index (κ1) is 9.35. The molecular formula is C10H13N3S. The summed E-state index contributed by atoms with van der Waals surface area (Å²) in [7, 11) is 2.06. The molecule has 4 heteroatoms. The maximum Gasteiger partial charge on any atom is 0.129 e. The van der Waals surface area contributed by atoms with Crippen LogP contribution in [0.15, 0.2) is 6.07 Å². The van der Waals surface area contributed by atoms with Crippen molar-refractivity contribution >= 4 is 22.0 Å². The lowest BCUT2D eigenvalue weighted by Gasteiger charge is -2.15. The van der Waals surface area contributed by atoms with Crippen molar-refractivity contribution in [3.05, 3.63) is 10.9 Å². The Kier molecular flexibility index (Phi) is 2.34. The SMILES string of the molecule is CN(CC1CC1)c1cc(N)c(C#N)s1. The summed E-state index contributed by atoms with van der Waals surface area (Å²) in [5.41, 5.74) is 6.30. The highest BCUT2D eigenvalue weighted by Gasteiger charge is 2.23. The molecule has 1 aromatic heterocycles. The molecule has 2 rings (SSSR count). The number of nitrogen functional groups attached to an aromatic ring is 1. The molecule has 1 aliphatic carbocycles. The van der Waals surface area contributed by atoms with Crippen LogP contribution in [0.4, 0.5) is 10.7 Å². The van der Waals surface area contributed by atoms with Crippen molar-refractivity contribution in [2.75, 3.05) is 24.2 Å². The largest absolute Gasteiger partial charge is 0.397 e. The summed E-state index contributed by atoms with van der Waals surface area (Å²) in [5.74, 6) is 0.855. The molecule has 0 radical (unpaired) electrons. The third-order valence-electron chi connectivity index (χ3n) is 2.45. The highest BCUT2D eigenvalue weighted by Crippen LogP contribution is 2.35. The number of hydrogen-bond donors (Lipinski definition) is 1. The van der Waals surface area contributed by atoms with E-state index in [9.17, 15) is 0 Å². The maximum atomic E-state index is 8.77. The van der Waals surface area contributed by atoms with E-state index in [-0.39, 0.29) is 0 Å². The molecule has 1 aromatic rings. The first-order valence-electron chi connectivity index (χ1n) is 4.71. The molecule has 0 atom stereocenters. The Labute approximate surface area is 87.7 Å². The van der Waals surface area contributed by atoms with Crippen LogP contribution in [0, 0.1) is 17.2 Å². The fourth-order valence-corrected chi connectivity index (χ4v) is 2.29. The highest BCUT2D eigenvalue weighted by molar-refractivity contribution is 7.17. The summed E-state index contributed by atoms with van der Waals surface area (Å²) in [6.07, 6.45) is 2.69. The normalized spacial score (nSPS) is 15.1. The van der Waals surface area contributed by atoms with Crippen molar-refractivity contribution in [3.8, 4) is 6.07 Å². The summed E-state index contributed by atoms with van der Waals surface area (Å²) >= 11 is 1.48. The van der Waals surface area contributed by atoms with Crippen LogP contribution >= 0.6 is 11.3 Å². The summed E-state index contributed by atoms with van der Waals surface area (Å²) < 4.78 is 0. The van der Waals surface area contributed by atoms with Crippen LogP contribution in [0.2, 0.25) is 0 Å². The Hall–Kier alpha value is -1.21. The molecule has 0 saturated heterocycles. The highest BCUT2D eigenvalue weighted by atomic mass is 32.1. The smallest absolute Gasteiger partial charge is 0.129 e. The van der Waals surface area contributed by atoms with E-state index in [0.29, 0.717) is 10.6 Å². The Morgan fingerprint density at radius 1 is 1.71 bits per heavy atom. The number of thiophene rings is 1. The lowest BCUT2D eigenvalue weighted by molar-refractivity contribution is 0.793. The second kappa shape index (κ2) is 3.50. The molecule has 2 N–H and O–H groups in total. The topological polar surface area (TPSA) is 53.0 Å². The van der Waals surface area contributed by atoms with Gasteiger partial charge in [0.25, 0.3) is 0 Å². The van der Waals surface area contributed by atoms with Gasteiger partial charge in [-0.3, -0.25) is 0 Å². The van der Waals surface area contributed by atoms with Crippen LogP contribution in [0.1, 0.15) is 17.7 Å². The number of nitriles is 1. The number of anilines is 2. The molecule has 0 unspecified atom stereocenters. The Morgan fingerprint density at radius 3 is 2.93 bits per heavy atom. The van der Waals surface area contributed by atoms with Gasteiger partial charge in [-0.1, -0.05) is 0 Å². The molecule has 1 heterocycles. The molecular weight excluding hydrogens is 194 g/mol. The maximum absolute atomic E-state index is 8.77. The molecule has 1 saturated carbocycles. The first-order valence-corrected chi connectivity index (χ1v) is 5.53. The number of nitrogens with two attached hydrogens (primary N) is 1. The van der Waals surface area contributed by atoms with Crippen LogP contribution in [0.5, 0.6) is 0 Å². The molecule has 14 heavy (non-hydrogen) atoms. The fourth-order valence-electron chi connectivity index (χ4n) is 1.44. The van der Waals surface area contributed by atoms with Gasteiger partial charge in [-0.2, -0.15) is 5.26 Å². The van der Waals surface area contributed by atoms with Crippen molar-refractivity contribution in [2.45, 2.75) is 12.8 Å². The van der Waals surface area contributed by atoms with Gasteiger partial charge in [0, 0.05) is 13.6 Å². The molecule has 0 bridgehead atoms. The third-order valence-corrected chi connectivity index (χ3v) is 3.62. The minimum Gasteiger partial charge on any atom is -0.397 e. The zero-order valence-corrected chi connectivity index (χ0v) is 8.97. The van der Waals surface area contributed by atoms with Crippen LogP contribution < -0.4 is 10.6 Å². The Balaban J connectivity index is 2.10. The standard InChI is InChI=1S/C10H13N3S/c1-13(6-7-2-3-7)10-4-8(12)9(5-11)14-10/h4,7H,2-3,6,12H2,1H3. The zero-order chi connectivity index (χ0) is 10.1. The Bertz CT molecular complexity index is 373. The van der Waals surface area contributed by atoms with Gasteiger partial charge in [-0.15, -0.1) is 11.3 Å². The van der Waals surface area contributed by atoms with Gasteiger partial charge in [0.15, 0.2) is 0 Å². The van der Waals surface area contributed by atoms with E-state index >= 15 is 0 Å². The molecule has 3 nitrogen and oxygen atoms in total. The van der Waals surface area contributed by atoms with Gasteiger partial charge >= 0.3 is 0 Å². The van der Waals surface area contributed by atoms with Crippen molar-refractivity contribution < 1.29 is 0 Å². The predicted octanol–water partition coefficient (Wildman–Crippen LogP) is 2.05. The van der Waals surface area contributed by atoms with E-state index in [1.54, 1.807) is 0 Å². The molecule has 0 aliphatic heterocycles. The third kappa shape index (κ3) is 1.83. The summed E-state index contributed by atoms with van der Waals surface area (Å²) in [4.78, 5) is 2.82. The second-order valence-electron chi connectivity index (χ2n) is 3.80. The van der Waals surface area contributed by atoms with Crippen molar-refractivity contribution in [1.82, 2.24) is 0 Å². The minimum absolute atomic E-state index is 0.607. The van der Waals surface area contributed by atoms with E-state index in [0.717, 1.165) is 17.5 Å². The fraction of sp³-hybridized carbons (Fsp3) is 0.500. The van der Waals surface area contributed by atoms with Crippen molar-refractivity contribution in [3.63, 3.8) is 0 Å². The van der Waals surface area contributed by atoms with Crippen LogP contribution in [0.3, 0.4) is 0 Å². The molecule has 1 fully saturated rings. The molecule has 0 aromatic carbocycles. The average molecular weight is 207 g/mol. The summed E-state index contributed by atoms with van der Waals surface area (Å²) in [6.45, 7) is 1.09. The van der Waals surface area contributed by atoms with Gasteiger partial charge < -0.3 is 10.6 Å². The zero-order valence-electron chi connectivity index (χ0n) is 8.16. The van der Waals surface area contributed by atoms with E-state index < -0.39 is 0 Å². The summed E-state index contributed by atoms with van der Waals surface area (Å²) in [5, 5.41) is 9.87. The lowest BCUT2D eigenvalue weighted by Crippen LogP contribution is -2.18. The van der Waals surface area contributed by atoms with Crippen molar-refractivity contribution in [2.24, 2.45) is 5.92 Å². The monoisotopic (exact) mass is 207 g/mol. The van der Waals surface area contributed by atoms with Crippen molar-refractivity contribution in [1.29, 1.82) is 5.26 Å². The predicted molar refractivity (Wildman–Crippen MR) is 59.4 cm³/mol. The molecule has 0 amide bonds. The first-order chi connectivity index (χ1) is 6.70. The van der Waals surface area contributed by atoms with E-state index in [2.05, 4.69) is 18.0 Å². The van der Waals surface area contributed by atoms with Gasteiger partial charge in [0.05, 0.1) is 10.7 Å². The van der Waals surface area contributed by atoms with Crippen LogP contribution in [-0.4, -0.2) is 13.6 Å².